The predicted molar refractivity (Wildman–Crippen MR) is 108 cm³/mol. The van der Waals surface area contributed by atoms with Crippen LogP contribution in [0.3, 0.4) is 0 Å². The molecule has 2 rings (SSSR count). The van der Waals surface area contributed by atoms with Crippen LogP contribution in [0.25, 0.3) is 0 Å². The van der Waals surface area contributed by atoms with Gasteiger partial charge in [0.2, 0.25) is 0 Å². The third-order valence-corrected chi connectivity index (χ3v) is 11.4. The lowest BCUT2D eigenvalue weighted by atomic mass is 9.80. The van der Waals surface area contributed by atoms with Gasteiger partial charge in [-0.3, -0.25) is 9.59 Å². The summed E-state index contributed by atoms with van der Waals surface area (Å²) in [4.78, 5) is 26.6. The Balaban J connectivity index is 2.91. The molecule has 1 aliphatic heterocycles. The molecule has 0 saturated heterocycles. The summed E-state index contributed by atoms with van der Waals surface area (Å²) in [6.07, 6.45) is 0. The van der Waals surface area contributed by atoms with Gasteiger partial charge in [0.25, 0.3) is 5.91 Å². The molecule has 26 heavy (non-hydrogen) atoms. The molecule has 1 aromatic rings. The number of fused-ring (bicyclic) bond motifs is 1. The van der Waals surface area contributed by atoms with Gasteiger partial charge in [-0.15, -0.1) is 5.73 Å². The number of carbonyl (C=O) groups is 2. The fraction of sp³-hybridized carbons (Fsp3) is 0.476. The van der Waals surface area contributed by atoms with Crippen LogP contribution in [-0.4, -0.2) is 26.6 Å². The van der Waals surface area contributed by atoms with Crippen LogP contribution in [0.1, 0.15) is 38.8 Å². The quantitative estimate of drug-likeness (QED) is 0.367. The molecular weight excluding hydrogens is 342 g/mol. The van der Waals surface area contributed by atoms with Gasteiger partial charge in [-0.2, -0.15) is 0 Å². The first-order valence-electron chi connectivity index (χ1n) is 8.96. The molecule has 5 heteroatoms. The Morgan fingerprint density at radius 2 is 1.96 bits per heavy atom. The number of esters is 1. The first-order chi connectivity index (χ1) is 12.0. The second-order valence-electron chi connectivity index (χ2n) is 8.35. The minimum Gasteiger partial charge on any atom is -0.465 e. The second-order valence-corrected chi connectivity index (χ2v) is 13.6. The Hall–Kier alpha value is -2.10. The van der Waals surface area contributed by atoms with Crippen LogP contribution in [0, 0.1) is 6.92 Å². The van der Waals surface area contributed by atoms with Crippen LogP contribution in [0.2, 0.25) is 18.1 Å². The summed E-state index contributed by atoms with van der Waals surface area (Å²) in [5, 5.41) is 3.51. The van der Waals surface area contributed by atoms with Crippen LogP contribution < -0.4 is 5.32 Å². The van der Waals surface area contributed by atoms with Crippen molar-refractivity contribution in [1.82, 2.24) is 0 Å². The molecule has 1 heterocycles. The molecule has 1 N–H and O–H groups in total. The topological polar surface area (TPSA) is 55.4 Å². The average molecular weight is 372 g/mol. The molecule has 1 aliphatic rings. The Labute approximate surface area is 157 Å². The lowest BCUT2D eigenvalue weighted by Gasteiger charge is -2.43. The molecule has 0 aromatic heterocycles. The van der Waals surface area contributed by atoms with E-state index in [0.29, 0.717) is 16.4 Å². The highest BCUT2D eigenvalue weighted by atomic mass is 28.3. The van der Waals surface area contributed by atoms with Crippen molar-refractivity contribution in [3.05, 3.63) is 46.8 Å². The van der Waals surface area contributed by atoms with Gasteiger partial charge < -0.3 is 10.1 Å². The summed E-state index contributed by atoms with van der Waals surface area (Å²) >= 11 is 0. The van der Waals surface area contributed by atoms with Crippen LogP contribution in [0.15, 0.2) is 35.7 Å². The Kier molecular flexibility index (Phi) is 5.10. The Morgan fingerprint density at radius 1 is 1.35 bits per heavy atom. The number of hydrogen-bond acceptors (Lipinski definition) is 3. The van der Waals surface area contributed by atoms with Gasteiger partial charge in [-0.25, -0.2) is 0 Å². The van der Waals surface area contributed by atoms with Gasteiger partial charge in [0.05, 0.1) is 14.7 Å². The first kappa shape index (κ1) is 20.2. The Bertz CT molecular complexity index is 813. The minimum atomic E-state index is -2.31. The standard InChI is InChI=1S/C21H29NO3Si/c1-9-16(26(7,8)20(4,5)6)21(19(24)25-10-2)15-13-11-12-14(3)17(15)22-18(21)23/h11-13H,1,10H2,2-8H3,(H,22,23). The molecule has 0 saturated carbocycles. The van der Waals surface area contributed by atoms with Gasteiger partial charge in [0, 0.05) is 11.3 Å². The lowest BCUT2D eigenvalue weighted by Crippen LogP contribution is -2.55. The van der Waals surface area contributed by atoms with E-state index < -0.39 is 19.5 Å². The average Bonchev–Trinajstić information content (AvgIpc) is 2.82. The van der Waals surface area contributed by atoms with E-state index in [1.165, 1.54) is 0 Å². The molecule has 1 amide bonds. The van der Waals surface area contributed by atoms with Crippen molar-refractivity contribution in [2.75, 3.05) is 11.9 Å². The summed E-state index contributed by atoms with van der Waals surface area (Å²) in [5.41, 5.74) is 3.78. The highest BCUT2D eigenvalue weighted by Crippen LogP contribution is 2.52. The van der Waals surface area contributed by atoms with Crippen LogP contribution in [0.5, 0.6) is 0 Å². The zero-order valence-corrected chi connectivity index (χ0v) is 17.9. The molecule has 0 radical (unpaired) electrons. The van der Waals surface area contributed by atoms with Gasteiger partial charge in [-0.1, -0.05) is 58.6 Å². The van der Waals surface area contributed by atoms with E-state index in [0.717, 1.165) is 5.56 Å². The third kappa shape index (κ3) is 2.67. The zero-order valence-electron chi connectivity index (χ0n) is 16.9. The first-order valence-corrected chi connectivity index (χ1v) is 12.0. The van der Waals surface area contributed by atoms with Crippen molar-refractivity contribution in [2.24, 2.45) is 0 Å². The maximum Gasteiger partial charge on any atom is 0.330 e. The van der Waals surface area contributed by atoms with E-state index in [1.54, 1.807) is 6.92 Å². The normalized spacial score (nSPS) is 19.4. The van der Waals surface area contributed by atoms with E-state index in [-0.39, 0.29) is 17.6 Å². The van der Waals surface area contributed by atoms with Gasteiger partial charge in [0.15, 0.2) is 5.41 Å². The number of hydrogen-bond donors (Lipinski definition) is 1. The third-order valence-electron chi connectivity index (χ3n) is 5.89. The van der Waals surface area contributed by atoms with Crippen molar-refractivity contribution in [1.29, 1.82) is 0 Å². The summed E-state index contributed by atoms with van der Waals surface area (Å²) in [7, 11) is -2.31. The molecule has 1 aromatic carbocycles. The minimum absolute atomic E-state index is 0.0978. The number of benzene rings is 1. The molecule has 0 bridgehead atoms. The van der Waals surface area contributed by atoms with Crippen molar-refractivity contribution >= 4 is 25.6 Å². The largest absolute Gasteiger partial charge is 0.465 e. The SMILES string of the molecule is C=C=C(C1(C(=O)OCC)C(=O)Nc2c(C)cccc21)[Si](C)(C)C(C)(C)C. The number of amides is 1. The summed E-state index contributed by atoms with van der Waals surface area (Å²) in [6.45, 7) is 18.5. The molecule has 0 fully saturated rings. The van der Waals surface area contributed by atoms with E-state index in [9.17, 15) is 9.59 Å². The summed E-state index contributed by atoms with van der Waals surface area (Å²) < 4.78 is 5.42. The monoisotopic (exact) mass is 371 g/mol. The number of para-hydroxylation sites is 1. The molecule has 1 unspecified atom stereocenters. The van der Waals surface area contributed by atoms with E-state index >= 15 is 0 Å². The molecule has 0 spiro atoms. The van der Waals surface area contributed by atoms with Crippen molar-refractivity contribution in [3.63, 3.8) is 0 Å². The number of anilines is 1. The Morgan fingerprint density at radius 3 is 2.46 bits per heavy atom. The maximum atomic E-state index is 13.3. The molecule has 4 nitrogen and oxygen atoms in total. The fourth-order valence-electron chi connectivity index (χ4n) is 3.47. The molecular formula is C21H29NO3Si. The highest BCUT2D eigenvalue weighted by molar-refractivity contribution is 6.88. The number of ether oxygens (including phenoxy) is 1. The molecule has 1 atom stereocenters. The molecule has 0 aliphatic carbocycles. The van der Waals surface area contributed by atoms with E-state index in [4.69, 9.17) is 4.74 Å². The van der Waals surface area contributed by atoms with Gasteiger partial charge in [0.1, 0.15) is 0 Å². The van der Waals surface area contributed by atoms with Gasteiger partial charge >= 0.3 is 5.97 Å². The number of rotatable bonds is 4. The highest BCUT2D eigenvalue weighted by Gasteiger charge is 2.62. The summed E-state index contributed by atoms with van der Waals surface area (Å²) in [5.74, 6) is -0.908. The lowest BCUT2D eigenvalue weighted by molar-refractivity contribution is -0.151. The smallest absolute Gasteiger partial charge is 0.330 e. The van der Waals surface area contributed by atoms with Crippen molar-refractivity contribution < 1.29 is 14.3 Å². The van der Waals surface area contributed by atoms with Crippen molar-refractivity contribution in [3.8, 4) is 0 Å². The maximum absolute atomic E-state index is 13.3. The van der Waals surface area contributed by atoms with E-state index in [2.05, 4.69) is 51.5 Å². The zero-order chi connectivity index (χ0) is 19.9. The number of aryl methyl sites for hydroxylation is 1. The number of carbonyl (C=O) groups excluding carboxylic acids is 2. The van der Waals surface area contributed by atoms with Crippen LogP contribution in [-0.2, 0) is 19.7 Å². The van der Waals surface area contributed by atoms with Gasteiger partial charge in [-0.05, 0) is 29.6 Å². The molecule has 140 valence electrons. The fourth-order valence-corrected chi connectivity index (χ4v) is 5.95. The summed E-state index contributed by atoms with van der Waals surface area (Å²) in [6, 6.07) is 5.63. The van der Waals surface area contributed by atoms with Crippen LogP contribution in [0.4, 0.5) is 5.69 Å². The second kappa shape index (κ2) is 6.56. The van der Waals surface area contributed by atoms with Crippen LogP contribution >= 0.6 is 0 Å². The predicted octanol–water partition coefficient (Wildman–Crippen LogP) is 4.51. The van der Waals surface area contributed by atoms with E-state index in [1.807, 2.05) is 25.1 Å². The number of nitrogens with one attached hydrogen (secondary N) is 1. The van der Waals surface area contributed by atoms with Crippen molar-refractivity contribution in [2.45, 2.75) is 58.2 Å².